The maximum absolute atomic E-state index is 11.9. The van der Waals surface area contributed by atoms with Crippen molar-refractivity contribution in [3.8, 4) is 0 Å². The van der Waals surface area contributed by atoms with Crippen molar-refractivity contribution in [1.82, 2.24) is 20.1 Å². The molecule has 0 spiro atoms. The van der Waals surface area contributed by atoms with Crippen LogP contribution < -0.4 is 5.32 Å². The van der Waals surface area contributed by atoms with Gasteiger partial charge < -0.3 is 19.4 Å². The average Bonchev–Trinajstić information content (AvgIpc) is 3.18. The second kappa shape index (κ2) is 8.70. The third-order valence-electron chi connectivity index (χ3n) is 3.46. The number of aromatic carboxylic acids is 1. The molecular formula is C16H22N4O4S. The van der Waals surface area contributed by atoms with Gasteiger partial charge in [0.2, 0.25) is 0 Å². The molecule has 136 valence electrons. The number of nitrogens with zero attached hydrogens (tertiary/aromatic N) is 3. The number of thioether (sulfide) groups is 1. The van der Waals surface area contributed by atoms with Crippen molar-refractivity contribution in [3.05, 3.63) is 29.5 Å². The Kier molecular flexibility index (Phi) is 6.63. The number of carboxylic acid groups (broad SMARTS) is 1. The molecule has 9 heteroatoms. The highest BCUT2D eigenvalue weighted by Crippen LogP contribution is 2.16. The zero-order valence-corrected chi connectivity index (χ0v) is 15.3. The number of hydrogen-bond acceptors (Lipinski definition) is 6. The number of aryl methyl sites for hydroxylation is 1. The summed E-state index contributed by atoms with van der Waals surface area (Å²) in [6, 6.07) is 1.21. The van der Waals surface area contributed by atoms with Crippen LogP contribution in [0, 0.1) is 5.92 Å². The number of nitrogens with one attached hydrogen (secondary N) is 1. The Morgan fingerprint density at radius 3 is 2.76 bits per heavy atom. The molecule has 0 aliphatic carbocycles. The number of furan rings is 1. The molecule has 2 rings (SSSR count). The van der Waals surface area contributed by atoms with Crippen molar-refractivity contribution in [2.75, 3.05) is 12.8 Å². The minimum Gasteiger partial charge on any atom is -0.478 e. The molecule has 0 bridgehead atoms. The molecule has 0 radical (unpaired) electrons. The van der Waals surface area contributed by atoms with E-state index in [2.05, 4.69) is 33.9 Å². The molecule has 0 aliphatic heterocycles. The lowest BCUT2D eigenvalue weighted by Crippen LogP contribution is -2.24. The van der Waals surface area contributed by atoms with E-state index in [1.807, 2.05) is 6.26 Å². The molecule has 25 heavy (non-hydrogen) atoms. The Bertz CT molecular complexity index is 738. The molecule has 0 saturated heterocycles. The first kappa shape index (κ1) is 19.0. The molecule has 2 aromatic rings. The molecule has 8 nitrogen and oxygen atoms in total. The van der Waals surface area contributed by atoms with E-state index < -0.39 is 11.9 Å². The summed E-state index contributed by atoms with van der Waals surface area (Å²) < 4.78 is 7.08. The van der Waals surface area contributed by atoms with Gasteiger partial charge in [0.25, 0.3) is 5.91 Å². The van der Waals surface area contributed by atoms with Crippen LogP contribution in [0.3, 0.4) is 0 Å². The summed E-state index contributed by atoms with van der Waals surface area (Å²) in [6.45, 7) is 5.58. The maximum Gasteiger partial charge on any atom is 0.338 e. The Morgan fingerprint density at radius 1 is 1.40 bits per heavy atom. The zero-order chi connectivity index (χ0) is 18.4. The first-order valence-corrected chi connectivity index (χ1v) is 9.21. The fourth-order valence-electron chi connectivity index (χ4n) is 2.31. The van der Waals surface area contributed by atoms with Gasteiger partial charge in [0.1, 0.15) is 12.1 Å². The van der Waals surface area contributed by atoms with Gasteiger partial charge >= 0.3 is 5.97 Å². The summed E-state index contributed by atoms with van der Waals surface area (Å²) >= 11 is 1.56. The van der Waals surface area contributed by atoms with E-state index in [0.717, 1.165) is 23.8 Å². The van der Waals surface area contributed by atoms with Gasteiger partial charge in [-0.25, -0.2) is 4.79 Å². The molecular weight excluding hydrogens is 344 g/mol. The normalized spacial score (nSPS) is 11.0. The van der Waals surface area contributed by atoms with Crippen molar-refractivity contribution >= 4 is 23.6 Å². The monoisotopic (exact) mass is 366 g/mol. The van der Waals surface area contributed by atoms with Crippen molar-refractivity contribution in [1.29, 1.82) is 0 Å². The van der Waals surface area contributed by atoms with Crippen LogP contribution in [-0.2, 0) is 13.0 Å². The number of amides is 1. The highest BCUT2D eigenvalue weighted by molar-refractivity contribution is 7.98. The first-order chi connectivity index (χ1) is 11.9. The van der Waals surface area contributed by atoms with Gasteiger partial charge in [0.05, 0.1) is 5.56 Å². The molecule has 2 aromatic heterocycles. The number of carbonyl (C=O) groups is 2. The van der Waals surface area contributed by atoms with Crippen LogP contribution in [0.5, 0.6) is 0 Å². The molecule has 2 heterocycles. The number of rotatable bonds is 9. The predicted molar refractivity (Wildman–Crippen MR) is 93.0 cm³/mol. The van der Waals surface area contributed by atoms with Gasteiger partial charge in [0, 0.05) is 25.6 Å². The molecule has 0 aliphatic rings. The fraction of sp³-hybridized carbons (Fsp3) is 0.500. The van der Waals surface area contributed by atoms with E-state index >= 15 is 0 Å². The summed E-state index contributed by atoms with van der Waals surface area (Å²) in [6.07, 6.45) is 4.41. The highest BCUT2D eigenvalue weighted by Gasteiger charge is 2.15. The Hall–Kier alpha value is -2.29. The summed E-state index contributed by atoms with van der Waals surface area (Å²) in [5, 5.41) is 20.8. The van der Waals surface area contributed by atoms with Gasteiger partial charge in [0.15, 0.2) is 10.9 Å². The van der Waals surface area contributed by atoms with Crippen LogP contribution in [0.4, 0.5) is 0 Å². The van der Waals surface area contributed by atoms with E-state index in [1.165, 1.54) is 6.07 Å². The van der Waals surface area contributed by atoms with Crippen LogP contribution in [0.2, 0.25) is 0 Å². The second-order valence-electron chi connectivity index (χ2n) is 5.97. The minimum atomic E-state index is -1.13. The number of aromatic nitrogens is 3. The van der Waals surface area contributed by atoms with E-state index in [4.69, 9.17) is 9.52 Å². The zero-order valence-electron chi connectivity index (χ0n) is 14.5. The lowest BCUT2D eigenvalue weighted by Gasteiger charge is -2.11. The molecule has 0 atom stereocenters. The first-order valence-electron chi connectivity index (χ1n) is 7.98. The van der Waals surface area contributed by atoms with Crippen LogP contribution in [0.15, 0.2) is 21.9 Å². The molecule has 0 unspecified atom stereocenters. The predicted octanol–water partition coefficient (Wildman–Crippen LogP) is 2.31. The van der Waals surface area contributed by atoms with Gasteiger partial charge in [-0.3, -0.25) is 4.79 Å². The smallest absolute Gasteiger partial charge is 0.338 e. The maximum atomic E-state index is 11.9. The summed E-state index contributed by atoms with van der Waals surface area (Å²) in [5.74, 6) is -0.177. The van der Waals surface area contributed by atoms with Gasteiger partial charge in [-0.2, -0.15) is 0 Å². The fourth-order valence-corrected chi connectivity index (χ4v) is 2.83. The lowest BCUT2D eigenvalue weighted by atomic mass is 10.2. The molecule has 0 fully saturated rings. The minimum absolute atomic E-state index is 0.00922. The topological polar surface area (TPSA) is 110 Å². The van der Waals surface area contributed by atoms with Crippen molar-refractivity contribution in [2.45, 2.75) is 38.4 Å². The molecule has 0 saturated carbocycles. The summed E-state index contributed by atoms with van der Waals surface area (Å²) in [7, 11) is 0. The van der Waals surface area contributed by atoms with Crippen LogP contribution in [0.1, 0.15) is 47.0 Å². The third-order valence-corrected chi connectivity index (χ3v) is 4.12. The summed E-state index contributed by atoms with van der Waals surface area (Å²) in [5.41, 5.74) is -0.0449. The third kappa shape index (κ3) is 5.09. The van der Waals surface area contributed by atoms with E-state index in [1.54, 1.807) is 11.8 Å². The highest BCUT2D eigenvalue weighted by atomic mass is 32.2. The molecule has 2 N–H and O–H groups in total. The van der Waals surface area contributed by atoms with Gasteiger partial charge in [-0.05, 0) is 18.6 Å². The SMILES string of the molecule is CSc1nnc(CCCNC(=O)c2cc(C(=O)O)co2)n1CC(C)C. The van der Waals surface area contributed by atoms with Crippen molar-refractivity contribution < 1.29 is 19.1 Å². The number of carboxylic acids is 1. The standard InChI is InChI=1S/C16H22N4O4S/c1-10(2)8-20-13(18-19-16(20)25-3)5-4-6-17-14(21)12-7-11(9-24-12)15(22)23/h7,9-10H,4-6,8H2,1-3H3,(H,17,21)(H,22,23). The van der Waals surface area contributed by atoms with Gasteiger partial charge in [-0.15, -0.1) is 10.2 Å². The Labute approximate surface area is 150 Å². The molecule has 0 aromatic carbocycles. The van der Waals surface area contributed by atoms with E-state index in [-0.39, 0.29) is 11.3 Å². The number of hydrogen-bond donors (Lipinski definition) is 2. The second-order valence-corrected chi connectivity index (χ2v) is 6.75. The van der Waals surface area contributed by atoms with E-state index in [0.29, 0.717) is 25.3 Å². The van der Waals surface area contributed by atoms with Crippen LogP contribution in [0.25, 0.3) is 0 Å². The van der Waals surface area contributed by atoms with Crippen molar-refractivity contribution in [3.63, 3.8) is 0 Å². The number of carbonyl (C=O) groups excluding carboxylic acids is 1. The molecule has 1 amide bonds. The average molecular weight is 366 g/mol. The van der Waals surface area contributed by atoms with Crippen molar-refractivity contribution in [2.24, 2.45) is 5.92 Å². The lowest BCUT2D eigenvalue weighted by molar-refractivity contribution is 0.0696. The quantitative estimate of drug-likeness (QED) is 0.517. The van der Waals surface area contributed by atoms with Gasteiger partial charge in [-0.1, -0.05) is 25.6 Å². The largest absolute Gasteiger partial charge is 0.478 e. The summed E-state index contributed by atoms with van der Waals surface area (Å²) in [4.78, 5) is 22.7. The van der Waals surface area contributed by atoms with Crippen LogP contribution in [-0.4, -0.2) is 44.5 Å². The van der Waals surface area contributed by atoms with E-state index in [9.17, 15) is 9.59 Å². The Morgan fingerprint density at radius 2 is 2.16 bits per heavy atom. The Balaban J connectivity index is 1.85. The van der Waals surface area contributed by atoms with Crippen LogP contribution >= 0.6 is 11.8 Å².